The molecular weight excluding hydrogens is 683 g/mol. The fraction of sp³-hybridized carbons (Fsp3) is 0.375. The van der Waals surface area contributed by atoms with Crippen LogP contribution in [0.5, 0.6) is 0 Å². The van der Waals surface area contributed by atoms with Gasteiger partial charge < -0.3 is 26.2 Å². The molecule has 2 aromatic carbocycles. The Balaban J connectivity index is 0.854. The molecular formula is C40H43N11O3. The number of aliphatic imine (C=N–C) groups is 1. The number of carbonyl (C=O) groups excluding carboxylic acids is 3. The number of hydrogen-bond acceptors (Lipinski definition) is 13. The van der Waals surface area contributed by atoms with Gasteiger partial charge in [0.25, 0.3) is 5.91 Å². The number of rotatable bonds is 9. The maximum absolute atomic E-state index is 13.4. The van der Waals surface area contributed by atoms with E-state index in [4.69, 9.17) is 26.1 Å². The Morgan fingerprint density at radius 2 is 1.70 bits per heavy atom. The Hall–Kier alpha value is -6.05. The highest BCUT2D eigenvalue weighted by atomic mass is 16.2. The maximum atomic E-state index is 13.4. The van der Waals surface area contributed by atoms with Crippen LogP contribution in [-0.2, 0) is 16.1 Å². The number of allylic oxidation sites excluding steroid dienone is 1. The van der Waals surface area contributed by atoms with E-state index in [1.54, 1.807) is 18.5 Å². The second-order valence-corrected chi connectivity index (χ2v) is 14.4. The molecule has 3 unspecified atom stereocenters. The molecule has 3 fully saturated rings. The standard InChI is InChI=1S/C40H43N11O3/c41-20-24(33-22-45-31-8-1-2-9-32(31)48-33)21-44-25-14-17-50(18-15-25)36-13-16-43-40(49-36)47-27-6-3-5-26(19-27)46-30-10-4-7-28-29(30)23-51(39(28)54)34-11-12-35(52)37(42)38(34)53/h1-2,4,7-10,13,16,20-22,25-27,34,42,46H,3,5-6,11-12,14-15,17-19,23,41H2,(H,43,47,49). The zero-order valence-electron chi connectivity index (χ0n) is 29.9. The van der Waals surface area contributed by atoms with Crippen LogP contribution in [0.3, 0.4) is 0 Å². The summed E-state index contributed by atoms with van der Waals surface area (Å²) in [7, 11) is 0. The lowest BCUT2D eigenvalue weighted by molar-refractivity contribution is -0.122. The summed E-state index contributed by atoms with van der Waals surface area (Å²) in [5, 5.41) is 15.2. The fourth-order valence-electron chi connectivity index (χ4n) is 8.04. The van der Waals surface area contributed by atoms with Crippen LogP contribution in [0.15, 0.2) is 72.1 Å². The third kappa shape index (κ3) is 7.15. The second kappa shape index (κ2) is 15.1. The molecule has 2 aliphatic carbocycles. The van der Waals surface area contributed by atoms with Crippen molar-refractivity contribution in [2.75, 3.05) is 28.6 Å². The number of nitrogens with one attached hydrogen (secondary N) is 3. The number of hydrogen-bond donors (Lipinski definition) is 4. The molecule has 0 bridgehead atoms. The summed E-state index contributed by atoms with van der Waals surface area (Å²) >= 11 is 0. The Bertz CT molecular complexity index is 2180. The van der Waals surface area contributed by atoms with Crippen LogP contribution in [0.4, 0.5) is 17.5 Å². The van der Waals surface area contributed by atoms with E-state index in [0.717, 1.165) is 85.3 Å². The number of benzene rings is 2. The van der Waals surface area contributed by atoms with Crippen molar-refractivity contribution in [2.24, 2.45) is 10.7 Å². The molecule has 14 nitrogen and oxygen atoms in total. The van der Waals surface area contributed by atoms with Crippen LogP contribution in [0.1, 0.15) is 73.0 Å². The number of fused-ring (bicyclic) bond motifs is 2. The number of aromatic nitrogens is 4. The van der Waals surface area contributed by atoms with E-state index in [9.17, 15) is 14.4 Å². The SMILES string of the molecule is N=C1C(=O)CCC(N2Cc3c(NC4CCCC(Nc5nccc(N6CCC(N=CC(=CN)c7cnc8ccccc8n7)CC6)n5)C4)cccc3C2=O)C1=O. The molecule has 0 spiro atoms. The van der Waals surface area contributed by atoms with Crippen molar-refractivity contribution in [1.82, 2.24) is 24.8 Å². The van der Waals surface area contributed by atoms with Gasteiger partial charge in [0.1, 0.15) is 11.5 Å². The van der Waals surface area contributed by atoms with Crippen LogP contribution in [0, 0.1) is 5.41 Å². The minimum Gasteiger partial charge on any atom is -0.404 e. The molecule has 8 rings (SSSR count). The lowest BCUT2D eigenvalue weighted by atomic mass is 9.90. The highest BCUT2D eigenvalue weighted by Gasteiger charge is 2.42. The average molecular weight is 726 g/mol. The summed E-state index contributed by atoms with van der Waals surface area (Å²) in [5.41, 5.74) is 10.9. The first-order chi connectivity index (χ1) is 26.3. The van der Waals surface area contributed by atoms with Gasteiger partial charge >= 0.3 is 0 Å². The number of amides is 1. The van der Waals surface area contributed by atoms with E-state index in [1.807, 2.05) is 48.7 Å². The summed E-state index contributed by atoms with van der Waals surface area (Å²) in [6.07, 6.45) is 12.9. The number of nitrogens with zero attached hydrogens (tertiary/aromatic N) is 7. The van der Waals surface area contributed by atoms with Crippen molar-refractivity contribution in [3.8, 4) is 0 Å². The number of Topliss-reactive ketones (excluding diaryl/α,β-unsaturated/α-hetero) is 2. The molecule has 3 atom stereocenters. The molecule has 54 heavy (non-hydrogen) atoms. The number of nitrogens with two attached hydrogens (primary N) is 1. The van der Waals surface area contributed by atoms with Gasteiger partial charge in [-0.15, -0.1) is 0 Å². The van der Waals surface area contributed by atoms with Gasteiger partial charge in [0.05, 0.1) is 35.0 Å². The summed E-state index contributed by atoms with van der Waals surface area (Å²) in [6, 6.07) is 15.1. The molecule has 1 saturated heterocycles. The van der Waals surface area contributed by atoms with Gasteiger partial charge in [-0.2, -0.15) is 4.98 Å². The van der Waals surface area contributed by atoms with Crippen LogP contribution in [0.25, 0.3) is 16.6 Å². The first-order valence-electron chi connectivity index (χ1n) is 18.7. The molecule has 2 saturated carbocycles. The van der Waals surface area contributed by atoms with Gasteiger partial charge in [0, 0.05) is 79.1 Å². The molecule has 4 aliphatic rings. The smallest absolute Gasteiger partial charge is 0.255 e. The number of anilines is 3. The summed E-state index contributed by atoms with van der Waals surface area (Å²) < 4.78 is 0. The molecule has 276 valence electrons. The molecule has 4 heterocycles. The fourth-order valence-corrected chi connectivity index (χ4v) is 8.04. The largest absolute Gasteiger partial charge is 0.404 e. The maximum Gasteiger partial charge on any atom is 0.255 e. The number of para-hydroxylation sites is 2. The zero-order chi connectivity index (χ0) is 37.2. The van der Waals surface area contributed by atoms with Gasteiger partial charge in [-0.05, 0) is 75.3 Å². The number of carbonyl (C=O) groups is 3. The Labute approximate surface area is 312 Å². The molecule has 14 heteroatoms. The highest BCUT2D eigenvalue weighted by Crippen LogP contribution is 2.35. The topological polar surface area (TPSA) is 196 Å². The second-order valence-electron chi connectivity index (χ2n) is 14.4. The van der Waals surface area contributed by atoms with Crippen LogP contribution >= 0.6 is 0 Å². The predicted molar refractivity (Wildman–Crippen MR) is 208 cm³/mol. The third-order valence-corrected chi connectivity index (χ3v) is 11.0. The van der Waals surface area contributed by atoms with E-state index in [2.05, 4.69) is 25.5 Å². The van der Waals surface area contributed by atoms with Crippen LogP contribution in [0.2, 0.25) is 0 Å². The van der Waals surface area contributed by atoms with E-state index in [-0.39, 0.29) is 43.4 Å². The van der Waals surface area contributed by atoms with Gasteiger partial charge in [0.2, 0.25) is 11.7 Å². The molecule has 0 radical (unpaired) electrons. The monoisotopic (exact) mass is 725 g/mol. The Morgan fingerprint density at radius 3 is 2.52 bits per heavy atom. The van der Waals surface area contributed by atoms with Crippen LogP contribution in [-0.4, -0.2) is 91.5 Å². The molecule has 1 amide bonds. The quantitative estimate of drug-likeness (QED) is 0.177. The van der Waals surface area contributed by atoms with Crippen molar-refractivity contribution in [3.05, 3.63) is 83.9 Å². The van der Waals surface area contributed by atoms with Crippen molar-refractivity contribution in [1.29, 1.82) is 5.41 Å². The minimum atomic E-state index is -0.772. The predicted octanol–water partition coefficient (Wildman–Crippen LogP) is 4.57. The first kappa shape index (κ1) is 35.0. The van der Waals surface area contributed by atoms with Gasteiger partial charge in [-0.25, -0.2) is 9.97 Å². The summed E-state index contributed by atoms with van der Waals surface area (Å²) in [6.45, 7) is 1.92. The lowest BCUT2D eigenvalue weighted by Gasteiger charge is -2.33. The van der Waals surface area contributed by atoms with Crippen LogP contribution < -0.4 is 21.3 Å². The summed E-state index contributed by atoms with van der Waals surface area (Å²) in [4.78, 5) is 65.4. The van der Waals surface area contributed by atoms with E-state index < -0.39 is 23.3 Å². The van der Waals surface area contributed by atoms with Crippen molar-refractivity contribution in [3.63, 3.8) is 0 Å². The highest BCUT2D eigenvalue weighted by molar-refractivity contribution is 6.67. The molecule has 2 aromatic heterocycles. The lowest BCUT2D eigenvalue weighted by Crippen LogP contribution is -2.49. The number of ketones is 2. The van der Waals surface area contributed by atoms with E-state index in [1.165, 1.54) is 11.1 Å². The third-order valence-electron chi connectivity index (χ3n) is 11.0. The van der Waals surface area contributed by atoms with E-state index in [0.29, 0.717) is 17.2 Å². The van der Waals surface area contributed by atoms with Crippen molar-refractivity contribution in [2.45, 2.75) is 82.1 Å². The first-order valence-corrected chi connectivity index (χ1v) is 18.7. The van der Waals surface area contributed by atoms with Gasteiger partial charge in [-0.3, -0.25) is 29.8 Å². The Kier molecular flexibility index (Phi) is 9.81. The molecule has 5 N–H and O–H groups in total. The van der Waals surface area contributed by atoms with Gasteiger partial charge in [0.15, 0.2) is 5.78 Å². The van der Waals surface area contributed by atoms with E-state index >= 15 is 0 Å². The normalized spacial score (nSPS) is 22.7. The molecule has 4 aromatic rings. The van der Waals surface area contributed by atoms with Crippen molar-refractivity contribution < 1.29 is 14.4 Å². The Morgan fingerprint density at radius 1 is 0.907 bits per heavy atom. The summed E-state index contributed by atoms with van der Waals surface area (Å²) in [5.74, 6) is 0.255. The number of piperidine rings is 1. The zero-order valence-corrected chi connectivity index (χ0v) is 29.9. The minimum absolute atomic E-state index is 0.107. The molecule has 2 aliphatic heterocycles. The van der Waals surface area contributed by atoms with Crippen molar-refractivity contribution >= 4 is 63.5 Å². The van der Waals surface area contributed by atoms with Gasteiger partial charge in [-0.1, -0.05) is 18.2 Å². The average Bonchev–Trinajstić information content (AvgIpc) is 3.54.